The van der Waals surface area contributed by atoms with Crippen molar-refractivity contribution in [3.8, 4) is 0 Å². The number of hydrogen-bond donors (Lipinski definition) is 0. The van der Waals surface area contributed by atoms with Crippen molar-refractivity contribution >= 4 is 0 Å². The molecule has 2 aliphatic carbocycles. The van der Waals surface area contributed by atoms with Crippen LogP contribution in [0.1, 0.15) is 90.9 Å². The molecular weight excluding hydrogens is 280 g/mol. The number of allylic oxidation sites excluding steroid dienone is 2. The van der Waals surface area contributed by atoms with Gasteiger partial charge in [0.1, 0.15) is 0 Å². The Hall–Kier alpha value is -0.300. The Morgan fingerprint density at radius 3 is 1.91 bits per heavy atom. The van der Waals surface area contributed by atoms with E-state index in [9.17, 15) is 0 Å². The maximum atomic E-state index is 5.60. The fraction of sp³-hybridized carbons (Fsp3) is 0.909. The molecule has 1 nitrogen and oxygen atoms in total. The molecule has 0 saturated heterocycles. The highest BCUT2D eigenvalue weighted by atomic mass is 16.5. The van der Waals surface area contributed by atoms with Crippen LogP contribution in [-0.4, -0.2) is 13.2 Å². The molecule has 134 valence electrons. The van der Waals surface area contributed by atoms with Crippen LogP contribution < -0.4 is 0 Å². The Balaban J connectivity index is 1.54. The van der Waals surface area contributed by atoms with E-state index in [4.69, 9.17) is 4.74 Å². The maximum absolute atomic E-state index is 5.60. The van der Waals surface area contributed by atoms with Gasteiger partial charge in [-0.25, -0.2) is 0 Å². The van der Waals surface area contributed by atoms with Crippen molar-refractivity contribution < 1.29 is 4.74 Å². The second-order valence-corrected chi connectivity index (χ2v) is 8.12. The first-order valence-electron chi connectivity index (χ1n) is 10.6. The standard InChI is InChI=1S/C22H40O/c1-3-5-6-7-19-8-10-20(11-9-19)12-13-21-14-16-22(17-15-21)18-23-4-2/h6-7,19-22H,3-5,8-18H2,1-2H3/b7-6+/t19-,20-,21?,22?. The Labute approximate surface area is 145 Å². The second-order valence-electron chi connectivity index (χ2n) is 8.12. The number of rotatable bonds is 9. The van der Waals surface area contributed by atoms with Crippen molar-refractivity contribution in [3.63, 3.8) is 0 Å². The van der Waals surface area contributed by atoms with Gasteiger partial charge in [-0.2, -0.15) is 0 Å². The van der Waals surface area contributed by atoms with E-state index in [1.165, 1.54) is 77.0 Å². The average Bonchev–Trinajstić information content (AvgIpc) is 2.60. The van der Waals surface area contributed by atoms with Crippen LogP contribution >= 0.6 is 0 Å². The molecule has 0 aromatic rings. The van der Waals surface area contributed by atoms with Crippen molar-refractivity contribution in [3.05, 3.63) is 12.2 Å². The SMILES string of the molecule is CCC/C=C/[C@H]1CC[C@H](CCC2CCC(COCC)CC2)CC1. The van der Waals surface area contributed by atoms with Gasteiger partial charge in [-0.05, 0) is 75.5 Å². The van der Waals surface area contributed by atoms with Crippen LogP contribution in [0.25, 0.3) is 0 Å². The zero-order valence-corrected chi connectivity index (χ0v) is 15.8. The molecule has 0 heterocycles. The Bertz CT molecular complexity index is 306. The molecule has 0 spiro atoms. The highest BCUT2D eigenvalue weighted by molar-refractivity contribution is 4.91. The predicted molar refractivity (Wildman–Crippen MR) is 101 cm³/mol. The van der Waals surface area contributed by atoms with E-state index < -0.39 is 0 Å². The van der Waals surface area contributed by atoms with Gasteiger partial charge >= 0.3 is 0 Å². The van der Waals surface area contributed by atoms with E-state index in [-0.39, 0.29) is 0 Å². The summed E-state index contributed by atoms with van der Waals surface area (Å²) in [6.07, 6.45) is 22.1. The highest BCUT2D eigenvalue weighted by Crippen LogP contribution is 2.36. The summed E-state index contributed by atoms with van der Waals surface area (Å²) in [5.41, 5.74) is 0. The van der Waals surface area contributed by atoms with Gasteiger partial charge in [0.2, 0.25) is 0 Å². The fourth-order valence-electron chi connectivity index (χ4n) is 4.57. The summed E-state index contributed by atoms with van der Waals surface area (Å²) in [5, 5.41) is 0. The molecule has 0 amide bonds. The van der Waals surface area contributed by atoms with Crippen LogP contribution in [0.4, 0.5) is 0 Å². The number of ether oxygens (including phenoxy) is 1. The third-order valence-electron chi connectivity index (χ3n) is 6.26. The molecule has 0 unspecified atom stereocenters. The largest absolute Gasteiger partial charge is 0.381 e. The van der Waals surface area contributed by atoms with Crippen LogP contribution in [0.2, 0.25) is 0 Å². The van der Waals surface area contributed by atoms with E-state index in [0.29, 0.717) is 0 Å². The molecule has 0 bridgehead atoms. The molecule has 2 aliphatic rings. The van der Waals surface area contributed by atoms with Gasteiger partial charge in [0, 0.05) is 13.2 Å². The van der Waals surface area contributed by atoms with Crippen LogP contribution in [-0.2, 0) is 4.74 Å². The van der Waals surface area contributed by atoms with Crippen molar-refractivity contribution in [2.24, 2.45) is 23.7 Å². The Morgan fingerprint density at radius 1 is 0.783 bits per heavy atom. The van der Waals surface area contributed by atoms with Gasteiger partial charge in [-0.3, -0.25) is 0 Å². The molecule has 2 fully saturated rings. The van der Waals surface area contributed by atoms with Crippen LogP contribution in [0.3, 0.4) is 0 Å². The molecule has 2 saturated carbocycles. The summed E-state index contributed by atoms with van der Waals surface area (Å²) in [6.45, 7) is 6.28. The van der Waals surface area contributed by atoms with Gasteiger partial charge in [0.15, 0.2) is 0 Å². The average molecular weight is 321 g/mol. The summed E-state index contributed by atoms with van der Waals surface area (Å²) >= 11 is 0. The third-order valence-corrected chi connectivity index (χ3v) is 6.26. The van der Waals surface area contributed by atoms with Gasteiger partial charge in [0.05, 0.1) is 0 Å². The van der Waals surface area contributed by atoms with Crippen molar-refractivity contribution in [1.29, 1.82) is 0 Å². The lowest BCUT2D eigenvalue weighted by molar-refractivity contribution is 0.0844. The van der Waals surface area contributed by atoms with Crippen molar-refractivity contribution in [2.45, 2.75) is 90.9 Å². The topological polar surface area (TPSA) is 9.23 Å². The van der Waals surface area contributed by atoms with Crippen LogP contribution in [0.5, 0.6) is 0 Å². The minimum absolute atomic E-state index is 0.858. The zero-order chi connectivity index (χ0) is 16.3. The normalized spacial score (nSPS) is 32.4. The zero-order valence-electron chi connectivity index (χ0n) is 15.8. The molecule has 0 aromatic heterocycles. The summed E-state index contributed by atoms with van der Waals surface area (Å²) in [7, 11) is 0. The van der Waals surface area contributed by atoms with Gasteiger partial charge in [0.25, 0.3) is 0 Å². The van der Waals surface area contributed by atoms with E-state index in [1.807, 2.05) is 0 Å². The Morgan fingerprint density at radius 2 is 1.35 bits per heavy atom. The third kappa shape index (κ3) is 7.42. The smallest absolute Gasteiger partial charge is 0.0494 e. The van der Waals surface area contributed by atoms with E-state index in [2.05, 4.69) is 26.0 Å². The first kappa shape index (κ1) is 19.0. The lowest BCUT2D eigenvalue weighted by atomic mass is 9.75. The van der Waals surface area contributed by atoms with Gasteiger partial charge in [-0.1, -0.05) is 51.2 Å². The molecule has 0 atom stereocenters. The van der Waals surface area contributed by atoms with Crippen molar-refractivity contribution in [2.75, 3.05) is 13.2 Å². The quantitative estimate of drug-likeness (QED) is 0.426. The van der Waals surface area contributed by atoms with Gasteiger partial charge < -0.3 is 4.74 Å². The highest BCUT2D eigenvalue weighted by Gasteiger charge is 2.24. The van der Waals surface area contributed by atoms with E-state index >= 15 is 0 Å². The van der Waals surface area contributed by atoms with Crippen LogP contribution in [0.15, 0.2) is 12.2 Å². The molecule has 0 aliphatic heterocycles. The molecule has 0 aromatic carbocycles. The molecule has 0 N–H and O–H groups in total. The first-order chi connectivity index (χ1) is 11.3. The minimum Gasteiger partial charge on any atom is -0.381 e. The molecule has 1 heteroatoms. The molecule has 2 rings (SSSR count). The predicted octanol–water partition coefficient (Wildman–Crippen LogP) is 6.77. The van der Waals surface area contributed by atoms with Crippen LogP contribution in [0, 0.1) is 23.7 Å². The monoisotopic (exact) mass is 320 g/mol. The molecule has 23 heavy (non-hydrogen) atoms. The molecule has 0 radical (unpaired) electrons. The Kier molecular flexibility index (Phi) is 9.34. The summed E-state index contributed by atoms with van der Waals surface area (Å²) in [5.74, 6) is 3.81. The second kappa shape index (κ2) is 11.3. The maximum Gasteiger partial charge on any atom is 0.0494 e. The van der Waals surface area contributed by atoms with Crippen molar-refractivity contribution in [1.82, 2.24) is 0 Å². The number of unbranched alkanes of at least 4 members (excludes halogenated alkanes) is 1. The van der Waals surface area contributed by atoms with E-state index in [1.54, 1.807) is 0 Å². The molecular formula is C22H40O. The number of hydrogen-bond acceptors (Lipinski definition) is 1. The summed E-state index contributed by atoms with van der Waals surface area (Å²) in [4.78, 5) is 0. The minimum atomic E-state index is 0.858. The summed E-state index contributed by atoms with van der Waals surface area (Å²) < 4.78 is 5.60. The van der Waals surface area contributed by atoms with E-state index in [0.717, 1.165) is 36.9 Å². The first-order valence-corrected chi connectivity index (χ1v) is 10.6. The summed E-state index contributed by atoms with van der Waals surface area (Å²) in [6, 6.07) is 0. The fourth-order valence-corrected chi connectivity index (χ4v) is 4.57. The lowest BCUT2D eigenvalue weighted by Crippen LogP contribution is -2.20. The van der Waals surface area contributed by atoms with Gasteiger partial charge in [-0.15, -0.1) is 0 Å². The lowest BCUT2D eigenvalue weighted by Gasteiger charge is -2.31.